The molecule has 1 aliphatic rings. The van der Waals surface area contributed by atoms with Gasteiger partial charge in [-0.2, -0.15) is 0 Å². The number of hydrogen-bond acceptors (Lipinski definition) is 4. The van der Waals surface area contributed by atoms with Crippen molar-refractivity contribution in [3.8, 4) is 11.5 Å². The first-order chi connectivity index (χ1) is 10.2. The maximum Gasteiger partial charge on any atom is 0.172 e. The maximum absolute atomic E-state index is 11.0. The summed E-state index contributed by atoms with van der Waals surface area (Å²) in [6.45, 7) is 4.31. The second-order valence-electron chi connectivity index (χ2n) is 5.32. The van der Waals surface area contributed by atoms with Crippen molar-refractivity contribution in [2.24, 2.45) is 0 Å². The van der Waals surface area contributed by atoms with Gasteiger partial charge in [-0.1, -0.05) is 17.7 Å². The number of benzene rings is 1. The lowest BCUT2D eigenvalue weighted by atomic mass is 10.1. The lowest BCUT2D eigenvalue weighted by Gasteiger charge is -2.13. The van der Waals surface area contributed by atoms with E-state index in [1.807, 2.05) is 25.1 Å². The molecule has 0 saturated heterocycles. The molecule has 0 fully saturated rings. The number of pyridine rings is 1. The number of fused-ring (bicyclic) bond motifs is 1. The van der Waals surface area contributed by atoms with E-state index in [1.165, 1.54) is 11.1 Å². The van der Waals surface area contributed by atoms with E-state index in [1.54, 1.807) is 6.07 Å². The van der Waals surface area contributed by atoms with Crippen LogP contribution < -0.4 is 9.47 Å². The Balaban J connectivity index is 1.66. The Bertz CT molecular complexity index is 682. The van der Waals surface area contributed by atoms with Gasteiger partial charge in [-0.25, -0.2) is 4.98 Å². The summed E-state index contributed by atoms with van der Waals surface area (Å²) in [6, 6.07) is 9.78. The highest BCUT2D eigenvalue weighted by molar-refractivity contribution is 5.76. The molecule has 3 rings (SSSR count). The lowest BCUT2D eigenvalue weighted by Crippen LogP contribution is -2.22. The molecule has 1 atom stereocenters. The Morgan fingerprint density at radius 3 is 3.00 bits per heavy atom. The average Bonchev–Trinajstić information content (AvgIpc) is 2.87. The summed E-state index contributed by atoms with van der Waals surface area (Å²) in [7, 11) is 0. The third-order valence-electron chi connectivity index (χ3n) is 3.52. The predicted molar refractivity (Wildman–Crippen MR) is 79.2 cm³/mol. The number of hydrogen-bond donors (Lipinski definition) is 0. The van der Waals surface area contributed by atoms with Gasteiger partial charge in [0.2, 0.25) is 0 Å². The van der Waals surface area contributed by atoms with Crippen LogP contribution in [-0.2, 0) is 6.42 Å². The zero-order valence-electron chi connectivity index (χ0n) is 12.1. The number of aryl methyl sites for hydroxylation is 2. The van der Waals surface area contributed by atoms with Crippen molar-refractivity contribution in [3.05, 3.63) is 52.8 Å². The van der Waals surface area contributed by atoms with Crippen LogP contribution in [0.25, 0.3) is 0 Å². The third kappa shape index (κ3) is 2.89. The minimum atomic E-state index is -0.0254. The first-order valence-corrected chi connectivity index (χ1v) is 6.97. The van der Waals surface area contributed by atoms with E-state index in [2.05, 4.69) is 18.0 Å². The van der Waals surface area contributed by atoms with Gasteiger partial charge >= 0.3 is 0 Å². The fourth-order valence-electron chi connectivity index (χ4n) is 2.50. The van der Waals surface area contributed by atoms with Crippen LogP contribution in [0.5, 0.6) is 11.5 Å². The molecule has 0 saturated carbocycles. The zero-order valence-corrected chi connectivity index (χ0v) is 12.1. The van der Waals surface area contributed by atoms with Crippen molar-refractivity contribution >= 4 is 6.29 Å². The van der Waals surface area contributed by atoms with Gasteiger partial charge in [-0.3, -0.25) is 4.79 Å². The predicted octanol–water partition coefficient (Wildman–Crippen LogP) is 2.89. The van der Waals surface area contributed by atoms with Gasteiger partial charge in [0, 0.05) is 12.1 Å². The Kier molecular flexibility index (Phi) is 3.60. The van der Waals surface area contributed by atoms with E-state index < -0.39 is 0 Å². The van der Waals surface area contributed by atoms with Gasteiger partial charge in [0.25, 0.3) is 0 Å². The van der Waals surface area contributed by atoms with Crippen LogP contribution in [-0.4, -0.2) is 24.0 Å². The highest BCUT2D eigenvalue weighted by atomic mass is 16.5. The van der Waals surface area contributed by atoms with E-state index in [4.69, 9.17) is 9.47 Å². The Morgan fingerprint density at radius 2 is 2.19 bits per heavy atom. The smallest absolute Gasteiger partial charge is 0.172 e. The molecule has 4 heteroatoms. The summed E-state index contributed by atoms with van der Waals surface area (Å²) in [5.74, 6) is 1.43. The molecule has 0 radical (unpaired) electrons. The highest BCUT2D eigenvalue weighted by Gasteiger charge is 2.23. The SMILES string of the molecule is Cc1ccc2c(c1)CC(COc1ccc(C)nc1C=O)O2. The fraction of sp³-hybridized carbons (Fsp3) is 0.294. The average molecular weight is 283 g/mol. The Morgan fingerprint density at radius 1 is 1.33 bits per heavy atom. The Hall–Kier alpha value is -2.36. The first kappa shape index (κ1) is 13.6. The molecule has 0 amide bonds. The molecule has 108 valence electrons. The van der Waals surface area contributed by atoms with Crippen LogP contribution >= 0.6 is 0 Å². The van der Waals surface area contributed by atoms with Gasteiger partial charge in [-0.15, -0.1) is 0 Å². The molecular formula is C17H17NO3. The van der Waals surface area contributed by atoms with Crippen molar-refractivity contribution < 1.29 is 14.3 Å². The number of carbonyl (C=O) groups excluding carboxylic acids is 1. The molecule has 2 aromatic rings. The topological polar surface area (TPSA) is 48.4 Å². The molecule has 1 aliphatic heterocycles. The lowest BCUT2D eigenvalue weighted by molar-refractivity contribution is 0.110. The van der Waals surface area contributed by atoms with Crippen LogP contribution in [0.2, 0.25) is 0 Å². The molecule has 0 aliphatic carbocycles. The number of rotatable bonds is 4. The van der Waals surface area contributed by atoms with Gasteiger partial charge in [0.05, 0.1) is 0 Å². The van der Waals surface area contributed by atoms with Crippen LogP contribution in [0.15, 0.2) is 30.3 Å². The van der Waals surface area contributed by atoms with Crippen LogP contribution in [0.1, 0.15) is 27.3 Å². The van der Waals surface area contributed by atoms with Crippen LogP contribution in [0.3, 0.4) is 0 Å². The van der Waals surface area contributed by atoms with E-state index in [9.17, 15) is 4.79 Å². The van der Waals surface area contributed by atoms with Crippen molar-refractivity contribution in [2.75, 3.05) is 6.61 Å². The summed E-state index contributed by atoms with van der Waals surface area (Å²) in [4.78, 5) is 15.2. The van der Waals surface area contributed by atoms with Gasteiger partial charge in [0.15, 0.2) is 6.29 Å². The van der Waals surface area contributed by atoms with Crippen molar-refractivity contribution in [2.45, 2.75) is 26.4 Å². The van der Waals surface area contributed by atoms with E-state index in [0.717, 1.165) is 24.2 Å². The second-order valence-corrected chi connectivity index (χ2v) is 5.32. The van der Waals surface area contributed by atoms with Gasteiger partial charge in [0.1, 0.15) is 29.9 Å². The standard InChI is InChI=1S/C17H17NO3/c1-11-3-5-16-13(7-11)8-14(21-16)10-20-17-6-4-12(2)18-15(17)9-19/h3-7,9,14H,8,10H2,1-2H3. The van der Waals surface area contributed by atoms with Gasteiger partial charge < -0.3 is 9.47 Å². The Labute approximate surface area is 123 Å². The van der Waals surface area contributed by atoms with E-state index >= 15 is 0 Å². The van der Waals surface area contributed by atoms with Crippen LogP contribution in [0, 0.1) is 13.8 Å². The van der Waals surface area contributed by atoms with Crippen LogP contribution in [0.4, 0.5) is 0 Å². The molecule has 21 heavy (non-hydrogen) atoms. The summed E-state index contributed by atoms with van der Waals surface area (Å²) in [5, 5.41) is 0. The molecule has 0 N–H and O–H groups in total. The van der Waals surface area contributed by atoms with E-state index in [-0.39, 0.29) is 6.10 Å². The largest absolute Gasteiger partial charge is 0.487 e. The molecule has 2 heterocycles. The number of nitrogens with zero attached hydrogens (tertiary/aromatic N) is 1. The maximum atomic E-state index is 11.0. The van der Waals surface area contributed by atoms with Gasteiger partial charge in [-0.05, 0) is 37.6 Å². The number of ether oxygens (including phenoxy) is 2. The molecule has 4 nitrogen and oxygen atoms in total. The molecule has 1 aromatic carbocycles. The summed E-state index contributed by atoms with van der Waals surface area (Å²) < 4.78 is 11.6. The minimum absolute atomic E-state index is 0.0254. The number of carbonyl (C=O) groups is 1. The highest BCUT2D eigenvalue weighted by Crippen LogP contribution is 2.30. The minimum Gasteiger partial charge on any atom is -0.487 e. The first-order valence-electron chi connectivity index (χ1n) is 6.97. The normalized spacial score (nSPS) is 16.2. The number of aromatic nitrogens is 1. The monoisotopic (exact) mass is 283 g/mol. The van der Waals surface area contributed by atoms with E-state index in [0.29, 0.717) is 18.1 Å². The van der Waals surface area contributed by atoms with Crippen molar-refractivity contribution in [1.82, 2.24) is 4.98 Å². The van der Waals surface area contributed by atoms with Crippen molar-refractivity contribution in [3.63, 3.8) is 0 Å². The van der Waals surface area contributed by atoms with Crippen molar-refractivity contribution in [1.29, 1.82) is 0 Å². The summed E-state index contributed by atoms with van der Waals surface area (Å²) >= 11 is 0. The number of aldehydes is 1. The molecule has 1 unspecified atom stereocenters. The molecule has 0 bridgehead atoms. The fourth-order valence-corrected chi connectivity index (χ4v) is 2.50. The molecular weight excluding hydrogens is 266 g/mol. The summed E-state index contributed by atoms with van der Waals surface area (Å²) in [5.41, 5.74) is 3.57. The second kappa shape index (κ2) is 5.56. The zero-order chi connectivity index (χ0) is 14.8. The molecule has 0 spiro atoms. The quantitative estimate of drug-likeness (QED) is 0.810. The third-order valence-corrected chi connectivity index (χ3v) is 3.52. The molecule has 1 aromatic heterocycles. The summed E-state index contributed by atoms with van der Waals surface area (Å²) in [6.07, 6.45) is 1.52.